The second-order valence-electron chi connectivity index (χ2n) is 4.28. The standard InChI is InChI=1S/C12H13ClN6O2/c1-18(6-8-3-2-4-9(13)5-8)12-10(19(20)21)11(17-14)15-7-16-12/h2-5,7H,6,14H2,1H3,(H,15,16,17). The van der Waals surface area contributed by atoms with E-state index in [1.54, 1.807) is 24.1 Å². The summed E-state index contributed by atoms with van der Waals surface area (Å²) in [6.07, 6.45) is 1.21. The minimum Gasteiger partial charge on any atom is -0.349 e. The van der Waals surface area contributed by atoms with Gasteiger partial charge >= 0.3 is 5.69 Å². The van der Waals surface area contributed by atoms with Gasteiger partial charge in [0, 0.05) is 18.6 Å². The second-order valence-corrected chi connectivity index (χ2v) is 4.72. The summed E-state index contributed by atoms with van der Waals surface area (Å²) in [6, 6.07) is 7.23. The van der Waals surface area contributed by atoms with Gasteiger partial charge in [0.15, 0.2) is 0 Å². The molecule has 0 aliphatic carbocycles. The molecule has 0 saturated carbocycles. The van der Waals surface area contributed by atoms with Crippen molar-refractivity contribution >= 4 is 28.9 Å². The Morgan fingerprint density at radius 2 is 2.24 bits per heavy atom. The zero-order valence-electron chi connectivity index (χ0n) is 11.2. The van der Waals surface area contributed by atoms with Crippen LogP contribution in [0.3, 0.4) is 0 Å². The van der Waals surface area contributed by atoms with Gasteiger partial charge in [0.2, 0.25) is 11.6 Å². The highest BCUT2D eigenvalue weighted by molar-refractivity contribution is 6.30. The van der Waals surface area contributed by atoms with E-state index in [1.165, 1.54) is 6.33 Å². The fourth-order valence-electron chi connectivity index (χ4n) is 1.91. The second kappa shape index (κ2) is 6.33. The molecule has 0 aliphatic heterocycles. The normalized spacial score (nSPS) is 10.2. The maximum Gasteiger partial charge on any atom is 0.354 e. The topological polar surface area (TPSA) is 110 Å². The highest BCUT2D eigenvalue weighted by Gasteiger charge is 2.25. The number of benzene rings is 1. The van der Waals surface area contributed by atoms with E-state index in [2.05, 4.69) is 15.4 Å². The molecule has 0 fully saturated rings. The molecule has 1 aromatic heterocycles. The van der Waals surface area contributed by atoms with Crippen molar-refractivity contribution < 1.29 is 4.92 Å². The summed E-state index contributed by atoms with van der Waals surface area (Å²) < 4.78 is 0. The van der Waals surface area contributed by atoms with E-state index in [0.29, 0.717) is 11.6 Å². The Morgan fingerprint density at radius 3 is 2.86 bits per heavy atom. The number of nitro groups is 1. The quantitative estimate of drug-likeness (QED) is 0.493. The molecule has 0 saturated heterocycles. The number of halogens is 1. The number of nitrogens with two attached hydrogens (primary N) is 1. The fraction of sp³-hybridized carbons (Fsp3) is 0.167. The molecule has 0 radical (unpaired) electrons. The van der Waals surface area contributed by atoms with Crippen molar-refractivity contribution in [1.82, 2.24) is 9.97 Å². The predicted molar refractivity (Wildman–Crippen MR) is 80.1 cm³/mol. The third kappa shape index (κ3) is 3.36. The first-order valence-corrected chi connectivity index (χ1v) is 6.32. The Bertz CT molecular complexity index is 666. The minimum atomic E-state index is -0.570. The van der Waals surface area contributed by atoms with Gasteiger partial charge < -0.3 is 10.3 Å². The predicted octanol–water partition coefficient (Wildman–Crippen LogP) is 1.96. The number of nitrogens with zero attached hydrogens (tertiary/aromatic N) is 4. The van der Waals surface area contributed by atoms with Crippen LogP contribution in [0.15, 0.2) is 30.6 Å². The van der Waals surface area contributed by atoms with E-state index in [0.717, 1.165) is 5.56 Å². The molecule has 8 nitrogen and oxygen atoms in total. The van der Waals surface area contributed by atoms with Crippen molar-refractivity contribution in [2.75, 3.05) is 17.4 Å². The fourth-order valence-corrected chi connectivity index (χ4v) is 2.12. The molecule has 0 atom stereocenters. The van der Waals surface area contributed by atoms with Crippen molar-refractivity contribution in [3.05, 3.63) is 51.3 Å². The summed E-state index contributed by atoms with van der Waals surface area (Å²) in [5.74, 6) is 5.38. The van der Waals surface area contributed by atoms with Gasteiger partial charge in [-0.3, -0.25) is 10.1 Å². The summed E-state index contributed by atoms with van der Waals surface area (Å²) in [4.78, 5) is 20.0. The van der Waals surface area contributed by atoms with Crippen LogP contribution in [0.1, 0.15) is 5.56 Å². The van der Waals surface area contributed by atoms with Gasteiger partial charge in [-0.1, -0.05) is 23.7 Å². The van der Waals surface area contributed by atoms with E-state index in [9.17, 15) is 10.1 Å². The van der Waals surface area contributed by atoms with Gasteiger partial charge in [0.25, 0.3) is 0 Å². The van der Waals surface area contributed by atoms with Gasteiger partial charge in [-0.25, -0.2) is 15.8 Å². The number of aromatic nitrogens is 2. The van der Waals surface area contributed by atoms with Gasteiger partial charge in [-0.05, 0) is 17.7 Å². The first-order valence-electron chi connectivity index (χ1n) is 5.94. The van der Waals surface area contributed by atoms with Crippen molar-refractivity contribution in [3.63, 3.8) is 0 Å². The average molecular weight is 309 g/mol. The number of rotatable bonds is 5. The van der Waals surface area contributed by atoms with Gasteiger partial charge in [0.1, 0.15) is 6.33 Å². The Labute approximate surface area is 125 Å². The molecule has 0 bridgehead atoms. The summed E-state index contributed by atoms with van der Waals surface area (Å²) in [6.45, 7) is 0.405. The number of hydrazine groups is 1. The Kier molecular flexibility index (Phi) is 4.51. The van der Waals surface area contributed by atoms with E-state index in [4.69, 9.17) is 17.4 Å². The maximum atomic E-state index is 11.2. The smallest absolute Gasteiger partial charge is 0.349 e. The van der Waals surface area contributed by atoms with Crippen LogP contribution in [0.25, 0.3) is 0 Å². The Balaban J connectivity index is 2.35. The SMILES string of the molecule is CN(Cc1cccc(Cl)c1)c1ncnc(NN)c1[N+](=O)[O-]. The maximum absolute atomic E-state index is 11.2. The molecular weight excluding hydrogens is 296 g/mol. The Hall–Kier alpha value is -2.45. The molecule has 3 N–H and O–H groups in total. The molecule has 1 heterocycles. The minimum absolute atomic E-state index is 0.0389. The molecule has 9 heteroatoms. The lowest BCUT2D eigenvalue weighted by Crippen LogP contribution is -2.21. The van der Waals surface area contributed by atoms with Crippen LogP contribution in [-0.2, 0) is 6.54 Å². The van der Waals surface area contributed by atoms with Gasteiger partial charge in [-0.15, -0.1) is 0 Å². The molecule has 21 heavy (non-hydrogen) atoms. The zero-order chi connectivity index (χ0) is 15.4. The number of anilines is 2. The van der Waals surface area contributed by atoms with Crippen molar-refractivity contribution in [2.45, 2.75) is 6.54 Å². The van der Waals surface area contributed by atoms with Crippen LogP contribution < -0.4 is 16.2 Å². The molecule has 0 spiro atoms. The lowest BCUT2D eigenvalue weighted by atomic mass is 10.2. The van der Waals surface area contributed by atoms with Crippen LogP contribution in [-0.4, -0.2) is 21.9 Å². The molecular formula is C12H13ClN6O2. The van der Waals surface area contributed by atoms with Crippen molar-refractivity contribution in [2.24, 2.45) is 5.84 Å². The van der Waals surface area contributed by atoms with E-state index < -0.39 is 4.92 Å². The number of nitrogens with one attached hydrogen (secondary N) is 1. The summed E-state index contributed by atoms with van der Waals surface area (Å²) in [7, 11) is 1.69. The summed E-state index contributed by atoms with van der Waals surface area (Å²) >= 11 is 5.92. The third-order valence-corrected chi connectivity index (χ3v) is 3.03. The number of hydrogen-bond acceptors (Lipinski definition) is 7. The first kappa shape index (κ1) is 14.9. The monoisotopic (exact) mass is 308 g/mol. The average Bonchev–Trinajstić information content (AvgIpc) is 2.46. The summed E-state index contributed by atoms with van der Waals surface area (Å²) in [5, 5.41) is 11.8. The first-order chi connectivity index (χ1) is 10.0. The van der Waals surface area contributed by atoms with E-state index >= 15 is 0 Å². The molecule has 2 aromatic rings. The number of hydrogen-bond donors (Lipinski definition) is 2. The van der Waals surface area contributed by atoms with Crippen molar-refractivity contribution in [1.29, 1.82) is 0 Å². The molecule has 0 aliphatic rings. The number of nitrogen functional groups attached to an aromatic ring is 1. The van der Waals surface area contributed by atoms with Gasteiger partial charge in [-0.2, -0.15) is 0 Å². The van der Waals surface area contributed by atoms with E-state index in [-0.39, 0.29) is 17.3 Å². The van der Waals surface area contributed by atoms with Crippen LogP contribution in [0, 0.1) is 10.1 Å². The lowest BCUT2D eigenvalue weighted by Gasteiger charge is -2.18. The largest absolute Gasteiger partial charge is 0.354 e. The highest BCUT2D eigenvalue weighted by Crippen LogP contribution is 2.31. The molecule has 0 unspecified atom stereocenters. The molecule has 1 aromatic carbocycles. The van der Waals surface area contributed by atoms with Gasteiger partial charge in [0.05, 0.1) is 4.92 Å². The third-order valence-electron chi connectivity index (χ3n) is 2.79. The molecule has 110 valence electrons. The van der Waals surface area contributed by atoms with Crippen LogP contribution in [0.4, 0.5) is 17.3 Å². The van der Waals surface area contributed by atoms with Crippen LogP contribution in [0.2, 0.25) is 5.02 Å². The molecule has 0 amide bonds. The zero-order valence-corrected chi connectivity index (χ0v) is 11.9. The molecule has 2 rings (SSSR count). The van der Waals surface area contributed by atoms with E-state index in [1.807, 2.05) is 12.1 Å². The summed E-state index contributed by atoms with van der Waals surface area (Å²) in [5.41, 5.74) is 2.83. The van der Waals surface area contributed by atoms with Crippen molar-refractivity contribution in [3.8, 4) is 0 Å². The Morgan fingerprint density at radius 1 is 1.48 bits per heavy atom. The highest BCUT2D eigenvalue weighted by atomic mass is 35.5. The van der Waals surface area contributed by atoms with Crippen LogP contribution in [0.5, 0.6) is 0 Å². The lowest BCUT2D eigenvalue weighted by molar-refractivity contribution is -0.383. The van der Waals surface area contributed by atoms with Crippen LogP contribution >= 0.6 is 11.6 Å².